The fourth-order valence-electron chi connectivity index (χ4n) is 5.58. The third-order valence-electron chi connectivity index (χ3n) is 7.79. The number of rotatable bonds is 12. The number of phenols is 1. The first-order valence-electron chi connectivity index (χ1n) is 14.9. The predicted octanol–water partition coefficient (Wildman–Crippen LogP) is 5.26. The van der Waals surface area contributed by atoms with Gasteiger partial charge in [-0.2, -0.15) is 0 Å². The highest BCUT2D eigenvalue weighted by Crippen LogP contribution is 2.40. The fourth-order valence-corrected chi connectivity index (χ4v) is 5.89. The number of carbonyl (C=O) groups excluding carboxylic acids is 1. The van der Waals surface area contributed by atoms with Crippen molar-refractivity contribution >= 4 is 13.6 Å². The number of nitrogens with zero attached hydrogens (tertiary/aromatic N) is 3. The minimum absolute atomic E-state index is 0.0161. The van der Waals surface area contributed by atoms with Crippen LogP contribution in [0.4, 0.5) is 4.79 Å². The highest BCUT2D eigenvalue weighted by Gasteiger charge is 2.40. The summed E-state index contributed by atoms with van der Waals surface area (Å²) in [4.78, 5) is 35.4. The monoisotopic (exact) mass is 647 g/mol. The number of urea groups is 1. The molecule has 1 heterocycles. The summed E-state index contributed by atoms with van der Waals surface area (Å²) in [5, 5.41) is 25.0. The standard InChI is InChI=1S/C34H38N3O8P/c1-44-32-21-27(16-17-30(32)38)22-35-19-18-33(39)36(23-26-12-6-3-7-13-26)34(40)37(35)29(20-25-10-4-2-5-11-25)28-14-8-9-15-31(28)45-24-46(41,42)43/h2-17,21,29,33,38-39H,18-20,22-24H2,1H3,(H2,41,42,43). The van der Waals surface area contributed by atoms with E-state index < -0.39 is 32.2 Å². The van der Waals surface area contributed by atoms with E-state index in [-0.39, 0.29) is 43.3 Å². The number of aromatic hydroxyl groups is 1. The van der Waals surface area contributed by atoms with Crippen LogP contribution < -0.4 is 9.47 Å². The van der Waals surface area contributed by atoms with Gasteiger partial charge in [-0.05, 0) is 41.3 Å². The van der Waals surface area contributed by atoms with Gasteiger partial charge < -0.3 is 29.5 Å². The van der Waals surface area contributed by atoms with Crippen molar-refractivity contribution in [1.29, 1.82) is 0 Å². The molecule has 4 aromatic rings. The second-order valence-electron chi connectivity index (χ2n) is 11.1. The topological polar surface area (TPSA) is 143 Å². The summed E-state index contributed by atoms with van der Waals surface area (Å²) in [6.45, 7) is 0.676. The molecular weight excluding hydrogens is 609 g/mol. The van der Waals surface area contributed by atoms with E-state index >= 15 is 0 Å². The van der Waals surface area contributed by atoms with Gasteiger partial charge in [-0.1, -0.05) is 84.9 Å². The quantitative estimate of drug-likeness (QED) is 0.151. The van der Waals surface area contributed by atoms with Gasteiger partial charge >= 0.3 is 13.6 Å². The molecule has 242 valence electrons. The Bertz CT molecular complexity index is 1650. The first kappa shape index (κ1) is 33.0. The second kappa shape index (κ2) is 14.8. The molecule has 0 aliphatic carbocycles. The number of hydrogen-bond acceptors (Lipinski definition) is 7. The number of amides is 2. The van der Waals surface area contributed by atoms with E-state index in [1.807, 2.05) is 65.7 Å². The Balaban J connectivity index is 1.63. The van der Waals surface area contributed by atoms with Gasteiger partial charge in [-0.3, -0.25) is 9.46 Å². The van der Waals surface area contributed by atoms with Crippen LogP contribution in [0.5, 0.6) is 17.2 Å². The van der Waals surface area contributed by atoms with Crippen LogP contribution >= 0.6 is 7.60 Å². The molecule has 2 amide bonds. The number of methoxy groups -OCH3 is 1. The van der Waals surface area contributed by atoms with Crippen LogP contribution in [0.15, 0.2) is 103 Å². The molecule has 46 heavy (non-hydrogen) atoms. The minimum Gasteiger partial charge on any atom is -0.504 e. The van der Waals surface area contributed by atoms with Crippen LogP contribution in [0.25, 0.3) is 0 Å². The largest absolute Gasteiger partial charge is 0.504 e. The molecule has 0 bridgehead atoms. The normalized spacial score (nSPS) is 16.6. The number of ether oxygens (including phenoxy) is 2. The molecule has 1 aliphatic heterocycles. The van der Waals surface area contributed by atoms with Gasteiger partial charge in [0.2, 0.25) is 0 Å². The zero-order valence-corrected chi connectivity index (χ0v) is 26.3. The molecule has 0 saturated carbocycles. The maximum Gasteiger partial charge on any atom is 0.362 e. The lowest BCUT2D eigenvalue weighted by atomic mass is 9.97. The van der Waals surface area contributed by atoms with Gasteiger partial charge in [0.1, 0.15) is 12.0 Å². The Morgan fingerprint density at radius 2 is 1.50 bits per heavy atom. The Morgan fingerprint density at radius 3 is 2.17 bits per heavy atom. The van der Waals surface area contributed by atoms with Gasteiger partial charge in [-0.15, -0.1) is 0 Å². The first-order chi connectivity index (χ1) is 22.1. The zero-order chi connectivity index (χ0) is 32.7. The number of carbonyl (C=O) groups is 1. The van der Waals surface area contributed by atoms with Crippen molar-refractivity contribution in [1.82, 2.24) is 14.9 Å². The molecule has 1 fully saturated rings. The highest BCUT2D eigenvalue weighted by molar-refractivity contribution is 7.51. The molecule has 2 atom stereocenters. The molecule has 0 radical (unpaired) electrons. The van der Waals surface area contributed by atoms with Gasteiger partial charge in [0.25, 0.3) is 0 Å². The lowest BCUT2D eigenvalue weighted by Gasteiger charge is -2.41. The Hall–Kier alpha value is -4.38. The third-order valence-corrected chi connectivity index (χ3v) is 8.26. The van der Waals surface area contributed by atoms with E-state index in [1.54, 1.807) is 41.4 Å². The summed E-state index contributed by atoms with van der Waals surface area (Å²) < 4.78 is 22.8. The van der Waals surface area contributed by atoms with Crippen molar-refractivity contribution in [2.24, 2.45) is 0 Å². The Kier molecular flexibility index (Phi) is 10.6. The van der Waals surface area contributed by atoms with Crippen molar-refractivity contribution in [3.63, 3.8) is 0 Å². The molecule has 11 nitrogen and oxygen atoms in total. The average molecular weight is 648 g/mol. The van der Waals surface area contributed by atoms with Crippen molar-refractivity contribution in [2.75, 3.05) is 20.0 Å². The maximum atomic E-state index is 14.8. The van der Waals surface area contributed by atoms with Gasteiger partial charge in [-0.25, -0.2) is 14.8 Å². The number of hydrazine groups is 1. The Morgan fingerprint density at radius 1 is 0.848 bits per heavy atom. The molecule has 4 N–H and O–H groups in total. The molecule has 12 heteroatoms. The van der Waals surface area contributed by atoms with Crippen molar-refractivity contribution in [3.8, 4) is 17.2 Å². The van der Waals surface area contributed by atoms with E-state index in [9.17, 15) is 29.4 Å². The number of aliphatic hydroxyl groups excluding tert-OH is 1. The van der Waals surface area contributed by atoms with Gasteiger partial charge in [0.15, 0.2) is 17.8 Å². The van der Waals surface area contributed by atoms with Crippen LogP contribution in [-0.2, 0) is 24.1 Å². The molecule has 1 saturated heterocycles. The summed E-state index contributed by atoms with van der Waals surface area (Å²) in [5.41, 5.74) is 3.05. The van der Waals surface area contributed by atoms with Crippen LogP contribution in [0.1, 0.15) is 34.7 Å². The van der Waals surface area contributed by atoms with E-state index in [4.69, 9.17) is 9.47 Å². The molecular formula is C34H38N3O8P. The van der Waals surface area contributed by atoms with Crippen LogP contribution in [0, 0.1) is 0 Å². The van der Waals surface area contributed by atoms with Crippen molar-refractivity contribution in [2.45, 2.75) is 38.2 Å². The maximum absolute atomic E-state index is 14.8. The summed E-state index contributed by atoms with van der Waals surface area (Å²) in [6.07, 6.45) is -1.34. The van der Waals surface area contributed by atoms with E-state index in [0.717, 1.165) is 16.7 Å². The fraction of sp³-hybridized carbons (Fsp3) is 0.265. The lowest BCUT2D eigenvalue weighted by molar-refractivity contribution is -0.0332. The average Bonchev–Trinajstić information content (AvgIpc) is 3.16. The zero-order valence-electron chi connectivity index (χ0n) is 25.4. The number of aliphatic hydroxyl groups is 1. The third kappa shape index (κ3) is 8.25. The van der Waals surface area contributed by atoms with Crippen molar-refractivity contribution in [3.05, 3.63) is 125 Å². The van der Waals surface area contributed by atoms with Crippen LogP contribution in [0.3, 0.4) is 0 Å². The van der Waals surface area contributed by atoms with Gasteiger partial charge in [0, 0.05) is 31.6 Å². The highest BCUT2D eigenvalue weighted by atomic mass is 31.2. The minimum atomic E-state index is -4.51. The number of para-hydroxylation sites is 1. The van der Waals surface area contributed by atoms with Crippen LogP contribution in [-0.4, -0.2) is 67.2 Å². The molecule has 2 unspecified atom stereocenters. The summed E-state index contributed by atoms with van der Waals surface area (Å²) in [7, 11) is -3.05. The molecule has 0 aromatic heterocycles. The Labute approximate surface area is 268 Å². The van der Waals surface area contributed by atoms with Crippen molar-refractivity contribution < 1.29 is 38.8 Å². The molecule has 0 spiro atoms. The predicted molar refractivity (Wildman–Crippen MR) is 172 cm³/mol. The van der Waals surface area contributed by atoms with Crippen LogP contribution in [0.2, 0.25) is 0 Å². The number of benzene rings is 4. The number of phenolic OH excluding ortho intramolecular Hbond substituents is 1. The molecule has 1 aliphatic rings. The van der Waals surface area contributed by atoms with E-state index in [0.29, 0.717) is 12.0 Å². The molecule has 4 aromatic carbocycles. The van der Waals surface area contributed by atoms with E-state index in [2.05, 4.69) is 0 Å². The summed E-state index contributed by atoms with van der Waals surface area (Å²) >= 11 is 0. The number of hydrogen-bond donors (Lipinski definition) is 4. The smallest absolute Gasteiger partial charge is 0.362 e. The molecule has 5 rings (SSSR count). The van der Waals surface area contributed by atoms with Gasteiger partial charge in [0.05, 0.1) is 13.2 Å². The van der Waals surface area contributed by atoms with E-state index in [1.165, 1.54) is 18.1 Å². The summed E-state index contributed by atoms with van der Waals surface area (Å²) in [6, 6.07) is 29.7. The SMILES string of the molecule is COc1cc(CN2CCC(O)N(Cc3ccccc3)C(=O)N2C(Cc2ccccc2)c2ccccc2OCP(=O)(O)O)ccc1O. The lowest BCUT2D eigenvalue weighted by Crippen LogP contribution is -2.52. The first-order valence-corrected chi connectivity index (χ1v) is 16.7. The summed E-state index contributed by atoms with van der Waals surface area (Å²) in [5.74, 6) is 0.496. The second-order valence-corrected chi connectivity index (χ2v) is 12.7.